The fraction of sp³-hybridized carbons (Fsp3) is 0.0714. The third kappa shape index (κ3) is 3.28. The number of hydrogen-bond acceptors (Lipinski definition) is 2. The van der Waals surface area contributed by atoms with Crippen LogP contribution in [0.5, 0.6) is 5.75 Å². The number of nitrogens with two attached hydrogens (primary N) is 1. The molecule has 0 aliphatic carbocycles. The Morgan fingerprint density at radius 2 is 1.79 bits per heavy atom. The summed E-state index contributed by atoms with van der Waals surface area (Å²) >= 11 is 0. The number of nitrogen functional groups attached to an aromatic ring is 1. The standard InChI is InChI=1S/C14H12F2N2O/c15-11-3-6-13(16)10(7-11)8-19-12-4-1-9(2-5-12)14(17)18/h1-7H,8H2,(H3,17,18). The molecule has 0 unspecified atom stereocenters. The van der Waals surface area contributed by atoms with Gasteiger partial charge in [-0.3, -0.25) is 5.41 Å². The predicted molar refractivity (Wildman–Crippen MR) is 68.1 cm³/mol. The minimum absolute atomic E-state index is 0.0391. The van der Waals surface area contributed by atoms with Crippen molar-refractivity contribution in [2.45, 2.75) is 6.61 Å². The van der Waals surface area contributed by atoms with E-state index in [4.69, 9.17) is 15.9 Å². The zero-order valence-corrected chi connectivity index (χ0v) is 9.99. The maximum Gasteiger partial charge on any atom is 0.130 e. The average molecular weight is 262 g/mol. The summed E-state index contributed by atoms with van der Waals surface area (Å²) in [6, 6.07) is 9.70. The van der Waals surface area contributed by atoms with Crippen molar-refractivity contribution in [3.63, 3.8) is 0 Å². The van der Waals surface area contributed by atoms with Crippen LogP contribution in [0.2, 0.25) is 0 Å². The lowest BCUT2D eigenvalue weighted by Crippen LogP contribution is -2.10. The molecule has 0 radical (unpaired) electrons. The van der Waals surface area contributed by atoms with Gasteiger partial charge in [-0.25, -0.2) is 8.78 Å². The molecule has 2 aromatic carbocycles. The summed E-state index contributed by atoms with van der Waals surface area (Å²) in [5.41, 5.74) is 6.04. The first-order valence-electron chi connectivity index (χ1n) is 5.57. The number of benzene rings is 2. The minimum atomic E-state index is -0.512. The van der Waals surface area contributed by atoms with Crippen LogP contribution in [0.4, 0.5) is 8.78 Å². The fourth-order valence-corrected chi connectivity index (χ4v) is 1.55. The number of nitrogens with one attached hydrogen (secondary N) is 1. The molecule has 0 bridgehead atoms. The lowest BCUT2D eigenvalue weighted by atomic mass is 10.2. The molecule has 0 spiro atoms. The Morgan fingerprint density at radius 1 is 1.11 bits per heavy atom. The third-order valence-corrected chi connectivity index (χ3v) is 2.57. The van der Waals surface area contributed by atoms with Gasteiger partial charge in [0, 0.05) is 11.1 Å². The molecule has 3 nitrogen and oxygen atoms in total. The second-order valence-electron chi connectivity index (χ2n) is 3.96. The fourth-order valence-electron chi connectivity index (χ4n) is 1.55. The Bertz CT molecular complexity index is 597. The second kappa shape index (κ2) is 5.48. The van der Waals surface area contributed by atoms with E-state index in [1.807, 2.05) is 0 Å². The monoisotopic (exact) mass is 262 g/mol. The molecule has 0 atom stereocenters. The van der Waals surface area contributed by atoms with Crippen molar-refractivity contribution in [2.75, 3.05) is 0 Å². The molecular weight excluding hydrogens is 250 g/mol. The van der Waals surface area contributed by atoms with E-state index in [1.165, 1.54) is 0 Å². The van der Waals surface area contributed by atoms with E-state index in [1.54, 1.807) is 24.3 Å². The van der Waals surface area contributed by atoms with Crippen LogP contribution in [0.3, 0.4) is 0 Å². The molecule has 0 saturated heterocycles. The summed E-state index contributed by atoms with van der Waals surface area (Å²) in [6.07, 6.45) is 0. The number of rotatable bonds is 4. The maximum atomic E-state index is 13.4. The van der Waals surface area contributed by atoms with Gasteiger partial charge in [0.1, 0.15) is 29.8 Å². The van der Waals surface area contributed by atoms with E-state index in [9.17, 15) is 8.78 Å². The SMILES string of the molecule is N=C(N)c1ccc(OCc2cc(F)ccc2F)cc1. The first-order valence-corrected chi connectivity index (χ1v) is 5.57. The van der Waals surface area contributed by atoms with Gasteiger partial charge in [-0.1, -0.05) is 0 Å². The van der Waals surface area contributed by atoms with Crippen molar-refractivity contribution < 1.29 is 13.5 Å². The quantitative estimate of drug-likeness (QED) is 0.657. The molecule has 5 heteroatoms. The Kier molecular flexibility index (Phi) is 3.75. The Balaban J connectivity index is 2.06. The van der Waals surface area contributed by atoms with Gasteiger partial charge in [-0.15, -0.1) is 0 Å². The highest BCUT2D eigenvalue weighted by Crippen LogP contribution is 2.16. The van der Waals surface area contributed by atoms with E-state index in [2.05, 4.69) is 0 Å². The van der Waals surface area contributed by atoms with Gasteiger partial charge in [-0.2, -0.15) is 0 Å². The highest BCUT2D eigenvalue weighted by Gasteiger charge is 2.05. The van der Waals surface area contributed by atoms with Gasteiger partial charge in [0.15, 0.2) is 0 Å². The molecule has 98 valence electrons. The van der Waals surface area contributed by atoms with Crippen LogP contribution >= 0.6 is 0 Å². The number of amidine groups is 1. The van der Waals surface area contributed by atoms with E-state index < -0.39 is 11.6 Å². The van der Waals surface area contributed by atoms with E-state index in [0.29, 0.717) is 11.3 Å². The summed E-state index contributed by atoms with van der Waals surface area (Å²) in [4.78, 5) is 0. The summed E-state index contributed by atoms with van der Waals surface area (Å²) in [6.45, 7) is -0.0665. The zero-order valence-electron chi connectivity index (χ0n) is 9.99. The lowest BCUT2D eigenvalue weighted by molar-refractivity contribution is 0.299. The molecule has 0 amide bonds. The maximum absolute atomic E-state index is 13.4. The molecule has 0 heterocycles. The highest BCUT2D eigenvalue weighted by atomic mass is 19.1. The number of hydrogen-bond donors (Lipinski definition) is 2. The second-order valence-corrected chi connectivity index (χ2v) is 3.96. The van der Waals surface area contributed by atoms with Crippen molar-refractivity contribution in [3.05, 3.63) is 65.2 Å². The van der Waals surface area contributed by atoms with Gasteiger partial charge in [0.05, 0.1) is 0 Å². The normalized spacial score (nSPS) is 10.2. The molecule has 0 fully saturated rings. The molecule has 19 heavy (non-hydrogen) atoms. The van der Waals surface area contributed by atoms with Crippen LogP contribution in [0.1, 0.15) is 11.1 Å². The summed E-state index contributed by atoms with van der Waals surface area (Å²) in [5, 5.41) is 7.24. The molecule has 2 aromatic rings. The summed E-state index contributed by atoms with van der Waals surface area (Å²) < 4.78 is 31.7. The van der Waals surface area contributed by atoms with Gasteiger partial charge < -0.3 is 10.5 Å². The van der Waals surface area contributed by atoms with Crippen molar-refractivity contribution in [3.8, 4) is 5.75 Å². The molecule has 0 saturated carbocycles. The predicted octanol–water partition coefficient (Wildman–Crippen LogP) is 2.83. The van der Waals surface area contributed by atoms with Crippen molar-refractivity contribution in [1.82, 2.24) is 0 Å². The molecule has 3 N–H and O–H groups in total. The molecule has 0 aliphatic heterocycles. The van der Waals surface area contributed by atoms with E-state index in [-0.39, 0.29) is 18.0 Å². The first-order chi connectivity index (χ1) is 9.06. The van der Waals surface area contributed by atoms with Crippen molar-refractivity contribution >= 4 is 5.84 Å². The van der Waals surface area contributed by atoms with Crippen LogP contribution in [0, 0.1) is 17.0 Å². The summed E-state index contributed by atoms with van der Waals surface area (Å²) in [5.74, 6) is -0.565. The van der Waals surface area contributed by atoms with Gasteiger partial charge in [0.2, 0.25) is 0 Å². The smallest absolute Gasteiger partial charge is 0.130 e. The first kappa shape index (κ1) is 13.0. The number of ether oxygens (including phenoxy) is 1. The molecule has 0 aliphatic rings. The number of halogens is 2. The highest BCUT2D eigenvalue weighted by molar-refractivity contribution is 5.94. The largest absolute Gasteiger partial charge is 0.489 e. The zero-order chi connectivity index (χ0) is 13.8. The Morgan fingerprint density at radius 3 is 2.42 bits per heavy atom. The van der Waals surface area contributed by atoms with Gasteiger partial charge in [-0.05, 0) is 42.5 Å². The molecular formula is C14H12F2N2O. The van der Waals surface area contributed by atoms with Crippen LogP contribution in [0.25, 0.3) is 0 Å². The van der Waals surface area contributed by atoms with Crippen molar-refractivity contribution in [2.24, 2.45) is 5.73 Å². The van der Waals surface area contributed by atoms with E-state index >= 15 is 0 Å². The minimum Gasteiger partial charge on any atom is -0.489 e. The topological polar surface area (TPSA) is 59.1 Å². The Hall–Kier alpha value is -2.43. The summed E-state index contributed by atoms with van der Waals surface area (Å²) in [7, 11) is 0. The Labute approximate surface area is 109 Å². The molecule has 2 rings (SSSR count). The van der Waals surface area contributed by atoms with E-state index in [0.717, 1.165) is 18.2 Å². The van der Waals surface area contributed by atoms with Crippen LogP contribution in [-0.2, 0) is 6.61 Å². The van der Waals surface area contributed by atoms with Crippen LogP contribution < -0.4 is 10.5 Å². The lowest BCUT2D eigenvalue weighted by Gasteiger charge is -2.08. The molecule has 0 aromatic heterocycles. The van der Waals surface area contributed by atoms with Crippen molar-refractivity contribution in [1.29, 1.82) is 5.41 Å². The van der Waals surface area contributed by atoms with Gasteiger partial charge in [0.25, 0.3) is 0 Å². The van der Waals surface area contributed by atoms with Crippen LogP contribution in [0.15, 0.2) is 42.5 Å². The average Bonchev–Trinajstić information content (AvgIpc) is 2.40. The van der Waals surface area contributed by atoms with Gasteiger partial charge >= 0.3 is 0 Å². The van der Waals surface area contributed by atoms with Crippen LogP contribution in [-0.4, -0.2) is 5.84 Å². The third-order valence-electron chi connectivity index (χ3n) is 2.57.